The summed E-state index contributed by atoms with van der Waals surface area (Å²) in [5, 5.41) is 11.4. The summed E-state index contributed by atoms with van der Waals surface area (Å²) in [7, 11) is 0. The predicted molar refractivity (Wildman–Crippen MR) is 63.5 cm³/mol. The lowest BCUT2D eigenvalue weighted by molar-refractivity contribution is 0.0635. The van der Waals surface area contributed by atoms with Crippen molar-refractivity contribution in [2.75, 3.05) is 5.32 Å². The Morgan fingerprint density at radius 2 is 2.18 bits per heavy atom. The lowest BCUT2D eigenvalue weighted by atomic mass is 10.2. The quantitative estimate of drug-likeness (QED) is 0.809. The Morgan fingerprint density at radius 1 is 1.53 bits per heavy atom. The Morgan fingerprint density at radius 3 is 2.71 bits per heavy atom. The van der Waals surface area contributed by atoms with Crippen LogP contribution in [0.2, 0.25) is 0 Å². The van der Waals surface area contributed by atoms with Gasteiger partial charge in [0.1, 0.15) is 11.7 Å². The predicted octanol–water partition coefficient (Wildman–Crippen LogP) is 2.61. The van der Waals surface area contributed by atoms with E-state index in [1.807, 2.05) is 13.0 Å². The van der Waals surface area contributed by atoms with Crippen molar-refractivity contribution in [3.8, 4) is 6.07 Å². The third-order valence-corrected chi connectivity index (χ3v) is 1.76. The van der Waals surface area contributed by atoms with Gasteiger partial charge in [-0.2, -0.15) is 5.26 Å². The van der Waals surface area contributed by atoms with Crippen molar-refractivity contribution in [3.05, 3.63) is 23.4 Å². The van der Waals surface area contributed by atoms with Crippen LogP contribution in [0.25, 0.3) is 0 Å². The molecule has 17 heavy (non-hydrogen) atoms. The molecule has 5 nitrogen and oxygen atoms in total. The van der Waals surface area contributed by atoms with E-state index in [9.17, 15) is 4.79 Å². The molecule has 0 bridgehead atoms. The molecule has 1 heterocycles. The average Bonchev–Trinajstić information content (AvgIpc) is 2.17. The van der Waals surface area contributed by atoms with Crippen molar-refractivity contribution in [3.63, 3.8) is 0 Å². The van der Waals surface area contributed by atoms with Gasteiger partial charge < -0.3 is 4.74 Å². The first-order chi connectivity index (χ1) is 7.81. The number of aromatic nitrogens is 1. The fourth-order valence-corrected chi connectivity index (χ4v) is 1.15. The van der Waals surface area contributed by atoms with Gasteiger partial charge >= 0.3 is 6.09 Å². The number of hydrogen-bond acceptors (Lipinski definition) is 4. The van der Waals surface area contributed by atoms with Gasteiger partial charge in [0.05, 0.1) is 5.56 Å². The zero-order chi connectivity index (χ0) is 13.1. The molecule has 0 fully saturated rings. The highest BCUT2D eigenvalue weighted by molar-refractivity contribution is 5.85. The van der Waals surface area contributed by atoms with Crippen LogP contribution in [0.3, 0.4) is 0 Å². The monoisotopic (exact) mass is 233 g/mol. The molecule has 90 valence electrons. The van der Waals surface area contributed by atoms with Gasteiger partial charge in [-0.15, -0.1) is 0 Å². The van der Waals surface area contributed by atoms with Crippen molar-refractivity contribution in [2.24, 2.45) is 0 Å². The van der Waals surface area contributed by atoms with Crippen LogP contribution in [0.5, 0.6) is 0 Å². The third-order valence-electron chi connectivity index (χ3n) is 1.76. The second-order valence-corrected chi connectivity index (χ2v) is 4.65. The second kappa shape index (κ2) is 4.83. The summed E-state index contributed by atoms with van der Waals surface area (Å²) >= 11 is 0. The Balaban J connectivity index is 2.83. The number of hydrogen-bond donors (Lipinski definition) is 1. The van der Waals surface area contributed by atoms with Gasteiger partial charge in [0.2, 0.25) is 0 Å². The van der Waals surface area contributed by atoms with Crippen LogP contribution in [0.4, 0.5) is 10.6 Å². The molecule has 1 rings (SSSR count). The van der Waals surface area contributed by atoms with E-state index in [1.54, 1.807) is 33.0 Å². The van der Waals surface area contributed by atoms with Gasteiger partial charge in [-0.1, -0.05) is 0 Å². The number of ether oxygens (including phenoxy) is 1. The Labute approximate surface area is 100 Å². The van der Waals surface area contributed by atoms with Crippen LogP contribution >= 0.6 is 0 Å². The van der Waals surface area contributed by atoms with Crippen LogP contribution in [-0.2, 0) is 4.74 Å². The summed E-state index contributed by atoms with van der Waals surface area (Å²) < 4.78 is 5.07. The molecule has 1 aromatic heterocycles. The summed E-state index contributed by atoms with van der Waals surface area (Å²) in [4.78, 5) is 15.5. The molecular formula is C12H15N3O2. The minimum atomic E-state index is -0.620. The largest absolute Gasteiger partial charge is 0.444 e. The van der Waals surface area contributed by atoms with E-state index >= 15 is 0 Å². The van der Waals surface area contributed by atoms with Crippen molar-refractivity contribution < 1.29 is 9.53 Å². The lowest BCUT2D eigenvalue weighted by Gasteiger charge is -2.19. The molecule has 0 aromatic carbocycles. The van der Waals surface area contributed by atoms with Gasteiger partial charge in [-0.25, -0.2) is 9.78 Å². The number of rotatable bonds is 1. The molecule has 0 unspecified atom stereocenters. The summed E-state index contributed by atoms with van der Waals surface area (Å²) in [6.45, 7) is 7.12. The van der Waals surface area contributed by atoms with Crippen LogP contribution in [-0.4, -0.2) is 16.7 Å². The van der Waals surface area contributed by atoms with Crippen molar-refractivity contribution in [2.45, 2.75) is 33.3 Å². The molecule has 1 amide bonds. The fraction of sp³-hybridized carbons (Fsp3) is 0.417. The number of pyridine rings is 1. The number of nitrogens with one attached hydrogen (secondary N) is 1. The Bertz CT molecular complexity index is 470. The SMILES string of the molecule is Cc1cnc(NC(=O)OC(C)(C)C)c(C#N)c1. The minimum absolute atomic E-state index is 0.215. The van der Waals surface area contributed by atoms with Crippen LogP contribution in [0, 0.1) is 18.3 Å². The summed E-state index contributed by atoms with van der Waals surface area (Å²) in [5.41, 5.74) is 0.592. The standard InChI is InChI=1S/C12H15N3O2/c1-8-5-9(6-13)10(14-7-8)15-11(16)17-12(2,3)4/h5,7H,1-4H3,(H,14,15,16). The average molecular weight is 233 g/mol. The van der Waals surface area contributed by atoms with Crippen molar-refractivity contribution >= 4 is 11.9 Å². The maximum atomic E-state index is 11.5. The molecule has 1 aromatic rings. The molecule has 0 saturated carbocycles. The van der Waals surface area contributed by atoms with E-state index in [1.165, 1.54) is 0 Å². The van der Waals surface area contributed by atoms with E-state index in [0.29, 0.717) is 5.56 Å². The van der Waals surface area contributed by atoms with E-state index in [0.717, 1.165) is 5.56 Å². The second-order valence-electron chi connectivity index (χ2n) is 4.65. The van der Waals surface area contributed by atoms with Crippen LogP contribution in [0.1, 0.15) is 31.9 Å². The minimum Gasteiger partial charge on any atom is -0.444 e. The first-order valence-corrected chi connectivity index (χ1v) is 5.18. The summed E-state index contributed by atoms with van der Waals surface area (Å²) in [6, 6.07) is 3.62. The zero-order valence-electron chi connectivity index (χ0n) is 10.4. The molecular weight excluding hydrogens is 218 g/mol. The van der Waals surface area contributed by atoms with Crippen molar-refractivity contribution in [1.82, 2.24) is 4.98 Å². The maximum absolute atomic E-state index is 11.5. The number of nitrogens with zero attached hydrogens (tertiary/aromatic N) is 2. The topological polar surface area (TPSA) is 75.0 Å². The highest BCUT2D eigenvalue weighted by atomic mass is 16.6. The normalized spacial score (nSPS) is 10.5. The molecule has 0 radical (unpaired) electrons. The summed E-state index contributed by atoms with van der Waals surface area (Å²) in [6.07, 6.45) is 0.957. The highest BCUT2D eigenvalue weighted by Crippen LogP contribution is 2.14. The maximum Gasteiger partial charge on any atom is 0.413 e. The van der Waals surface area contributed by atoms with E-state index in [4.69, 9.17) is 10.00 Å². The molecule has 0 saturated heterocycles. The fourth-order valence-electron chi connectivity index (χ4n) is 1.15. The smallest absolute Gasteiger partial charge is 0.413 e. The van der Waals surface area contributed by atoms with Gasteiger partial charge in [0.25, 0.3) is 0 Å². The molecule has 0 spiro atoms. The van der Waals surface area contributed by atoms with E-state index < -0.39 is 11.7 Å². The number of nitriles is 1. The van der Waals surface area contributed by atoms with Crippen LogP contribution in [0.15, 0.2) is 12.3 Å². The highest BCUT2D eigenvalue weighted by Gasteiger charge is 2.17. The molecule has 0 aliphatic rings. The summed E-state index contributed by atoms with van der Waals surface area (Å²) in [5.74, 6) is 0.215. The lowest BCUT2D eigenvalue weighted by Crippen LogP contribution is -2.27. The zero-order valence-corrected chi connectivity index (χ0v) is 10.4. The Hall–Kier alpha value is -2.09. The van der Waals surface area contributed by atoms with Gasteiger partial charge in [-0.05, 0) is 39.3 Å². The molecule has 0 atom stereocenters. The first-order valence-electron chi connectivity index (χ1n) is 5.18. The molecule has 5 heteroatoms. The van der Waals surface area contributed by atoms with Crippen molar-refractivity contribution in [1.29, 1.82) is 5.26 Å². The Kier molecular flexibility index (Phi) is 3.69. The first kappa shape index (κ1) is 13.0. The number of carbonyl (C=O) groups excluding carboxylic acids is 1. The number of aryl methyl sites for hydroxylation is 1. The van der Waals surface area contributed by atoms with E-state index in [2.05, 4.69) is 10.3 Å². The number of carbonyl (C=O) groups is 1. The third kappa shape index (κ3) is 4.11. The van der Waals surface area contributed by atoms with Crippen LogP contribution < -0.4 is 5.32 Å². The van der Waals surface area contributed by atoms with Gasteiger partial charge in [0, 0.05) is 6.20 Å². The van der Waals surface area contributed by atoms with Gasteiger partial charge in [-0.3, -0.25) is 5.32 Å². The number of amides is 1. The van der Waals surface area contributed by atoms with E-state index in [-0.39, 0.29) is 5.82 Å². The van der Waals surface area contributed by atoms with Gasteiger partial charge in [0.15, 0.2) is 5.82 Å². The molecule has 0 aliphatic carbocycles. The molecule has 0 aliphatic heterocycles. The molecule has 1 N–H and O–H groups in total. The number of anilines is 1.